The number of aromatic nitrogens is 1. The molecule has 0 aliphatic rings. The van der Waals surface area contributed by atoms with Crippen LogP contribution in [0, 0.1) is 0 Å². The summed E-state index contributed by atoms with van der Waals surface area (Å²) in [5.41, 5.74) is 0.922. The predicted octanol–water partition coefficient (Wildman–Crippen LogP) is 3.03. The Hall–Kier alpha value is -1.13. The van der Waals surface area contributed by atoms with Crippen molar-refractivity contribution in [2.75, 3.05) is 0 Å². The van der Waals surface area contributed by atoms with Crippen molar-refractivity contribution in [3.05, 3.63) is 40.7 Å². The van der Waals surface area contributed by atoms with Gasteiger partial charge in [0, 0.05) is 16.5 Å². The highest BCUT2D eigenvalue weighted by Gasteiger charge is 2.08. The summed E-state index contributed by atoms with van der Waals surface area (Å²) in [5, 5.41) is 9.23. The van der Waals surface area contributed by atoms with Crippen LogP contribution >= 0.6 is 15.9 Å². The molecule has 4 heteroatoms. The Bertz CT molecular complexity index is 479. The van der Waals surface area contributed by atoms with Gasteiger partial charge in [0.2, 0.25) is 5.89 Å². The lowest BCUT2D eigenvalue weighted by molar-refractivity contribution is 0.187. The van der Waals surface area contributed by atoms with Gasteiger partial charge in [-0.3, -0.25) is 0 Å². The van der Waals surface area contributed by atoms with E-state index >= 15 is 0 Å². The van der Waals surface area contributed by atoms with Gasteiger partial charge in [-0.2, -0.15) is 0 Å². The average Bonchev–Trinajstić information content (AvgIpc) is 2.65. The van der Waals surface area contributed by atoms with E-state index in [2.05, 4.69) is 20.9 Å². The van der Waals surface area contributed by atoms with Gasteiger partial charge in [-0.05, 0) is 25.1 Å². The lowest BCUT2D eigenvalue weighted by Gasteiger charge is -1.99. The van der Waals surface area contributed by atoms with E-state index < -0.39 is 6.10 Å². The van der Waals surface area contributed by atoms with Crippen LogP contribution in [-0.2, 0) is 6.42 Å². The van der Waals surface area contributed by atoms with Crippen LogP contribution in [0.4, 0.5) is 0 Å². The van der Waals surface area contributed by atoms with Crippen LogP contribution in [-0.4, -0.2) is 16.2 Å². The predicted molar refractivity (Wildman–Crippen MR) is 65.0 cm³/mol. The smallest absolute Gasteiger partial charge is 0.226 e. The normalized spacial score (nSPS) is 12.7. The molecule has 1 N–H and O–H groups in total. The summed E-state index contributed by atoms with van der Waals surface area (Å²) in [6.07, 6.45) is 1.73. The van der Waals surface area contributed by atoms with Crippen molar-refractivity contribution >= 4 is 15.9 Å². The molecule has 3 nitrogen and oxygen atoms in total. The maximum absolute atomic E-state index is 9.23. The van der Waals surface area contributed by atoms with E-state index in [4.69, 9.17) is 4.42 Å². The molecule has 0 amide bonds. The summed E-state index contributed by atoms with van der Waals surface area (Å²) < 4.78 is 6.53. The third-order valence-electron chi connectivity index (χ3n) is 2.12. The number of hydrogen-bond acceptors (Lipinski definition) is 3. The van der Waals surface area contributed by atoms with Crippen LogP contribution in [0.15, 0.2) is 39.4 Å². The molecule has 16 heavy (non-hydrogen) atoms. The molecule has 0 radical (unpaired) electrons. The van der Waals surface area contributed by atoms with E-state index in [-0.39, 0.29) is 0 Å². The zero-order valence-electron chi connectivity index (χ0n) is 8.85. The number of aliphatic hydroxyl groups is 1. The topological polar surface area (TPSA) is 46.3 Å². The van der Waals surface area contributed by atoms with Crippen molar-refractivity contribution in [1.29, 1.82) is 0 Å². The minimum atomic E-state index is -0.414. The highest BCUT2D eigenvalue weighted by atomic mass is 79.9. The Balaban J connectivity index is 2.24. The fourth-order valence-electron chi connectivity index (χ4n) is 1.45. The monoisotopic (exact) mass is 281 g/mol. The van der Waals surface area contributed by atoms with Crippen LogP contribution in [0.25, 0.3) is 11.5 Å². The molecule has 0 fully saturated rings. The first-order valence-electron chi connectivity index (χ1n) is 5.04. The molecule has 84 valence electrons. The summed E-state index contributed by atoms with van der Waals surface area (Å²) >= 11 is 3.40. The van der Waals surface area contributed by atoms with Crippen molar-refractivity contribution in [2.24, 2.45) is 0 Å². The van der Waals surface area contributed by atoms with E-state index in [9.17, 15) is 5.11 Å². The first-order valence-corrected chi connectivity index (χ1v) is 5.83. The second-order valence-electron chi connectivity index (χ2n) is 3.70. The van der Waals surface area contributed by atoms with Crippen molar-refractivity contribution in [3.8, 4) is 11.5 Å². The van der Waals surface area contributed by atoms with Crippen molar-refractivity contribution < 1.29 is 9.52 Å². The molecule has 1 unspecified atom stereocenters. The highest BCUT2D eigenvalue weighted by Crippen LogP contribution is 2.22. The van der Waals surface area contributed by atoms with Gasteiger partial charge in [0.15, 0.2) is 0 Å². The summed E-state index contributed by atoms with van der Waals surface area (Å²) in [4.78, 5) is 4.18. The quantitative estimate of drug-likeness (QED) is 0.941. The standard InChI is InChI=1S/C12H12BrNO2/c1-8(15)5-11-7-14-12(16-11)9-3-2-4-10(13)6-9/h2-4,6-8,15H,5H2,1H3. The Morgan fingerprint density at radius 1 is 1.50 bits per heavy atom. The summed E-state index contributed by atoms with van der Waals surface area (Å²) in [5.74, 6) is 1.28. The molecule has 0 saturated heterocycles. The number of hydrogen-bond donors (Lipinski definition) is 1. The van der Waals surface area contributed by atoms with E-state index in [0.717, 1.165) is 10.0 Å². The second kappa shape index (κ2) is 4.80. The minimum Gasteiger partial charge on any atom is -0.441 e. The van der Waals surface area contributed by atoms with Crippen LogP contribution in [0.2, 0.25) is 0 Å². The highest BCUT2D eigenvalue weighted by molar-refractivity contribution is 9.10. The van der Waals surface area contributed by atoms with Gasteiger partial charge >= 0.3 is 0 Å². The molecule has 0 spiro atoms. The zero-order chi connectivity index (χ0) is 11.5. The third kappa shape index (κ3) is 2.71. The molecular formula is C12H12BrNO2. The molecule has 2 rings (SSSR count). The average molecular weight is 282 g/mol. The summed E-state index contributed by atoms with van der Waals surface area (Å²) in [6, 6.07) is 7.75. The Kier molecular flexibility index (Phi) is 3.41. The maximum Gasteiger partial charge on any atom is 0.226 e. The van der Waals surface area contributed by atoms with E-state index in [1.807, 2.05) is 24.3 Å². The number of benzene rings is 1. The van der Waals surface area contributed by atoms with Gasteiger partial charge in [0.05, 0.1) is 12.3 Å². The van der Waals surface area contributed by atoms with Gasteiger partial charge < -0.3 is 9.52 Å². The lowest BCUT2D eigenvalue weighted by Crippen LogP contribution is -2.02. The van der Waals surface area contributed by atoms with Gasteiger partial charge in [-0.25, -0.2) is 4.98 Å². The minimum absolute atomic E-state index is 0.414. The van der Waals surface area contributed by atoms with E-state index in [0.29, 0.717) is 18.1 Å². The van der Waals surface area contributed by atoms with Gasteiger partial charge in [-0.15, -0.1) is 0 Å². The fraction of sp³-hybridized carbons (Fsp3) is 0.250. The fourth-order valence-corrected chi connectivity index (χ4v) is 1.85. The van der Waals surface area contributed by atoms with Gasteiger partial charge in [0.25, 0.3) is 0 Å². The molecule has 0 bridgehead atoms. The molecule has 1 heterocycles. The molecule has 1 aromatic heterocycles. The Morgan fingerprint density at radius 2 is 2.31 bits per heavy atom. The van der Waals surface area contributed by atoms with Crippen LogP contribution in [0.1, 0.15) is 12.7 Å². The summed E-state index contributed by atoms with van der Waals surface area (Å²) in [6.45, 7) is 1.72. The largest absolute Gasteiger partial charge is 0.441 e. The number of aliphatic hydroxyl groups excluding tert-OH is 1. The third-order valence-corrected chi connectivity index (χ3v) is 2.61. The SMILES string of the molecule is CC(O)Cc1cnc(-c2cccc(Br)c2)o1. The lowest BCUT2D eigenvalue weighted by atomic mass is 10.2. The molecular weight excluding hydrogens is 270 g/mol. The Morgan fingerprint density at radius 3 is 3.00 bits per heavy atom. The first-order chi connectivity index (χ1) is 7.65. The second-order valence-corrected chi connectivity index (χ2v) is 4.61. The number of rotatable bonds is 3. The number of oxazole rings is 1. The summed E-state index contributed by atoms with van der Waals surface area (Å²) in [7, 11) is 0. The van der Waals surface area contributed by atoms with Gasteiger partial charge in [-0.1, -0.05) is 22.0 Å². The van der Waals surface area contributed by atoms with Crippen LogP contribution in [0.5, 0.6) is 0 Å². The molecule has 1 aromatic carbocycles. The van der Waals surface area contributed by atoms with Crippen molar-refractivity contribution in [1.82, 2.24) is 4.98 Å². The molecule has 1 atom stereocenters. The van der Waals surface area contributed by atoms with Crippen molar-refractivity contribution in [3.63, 3.8) is 0 Å². The van der Waals surface area contributed by atoms with Crippen LogP contribution < -0.4 is 0 Å². The Labute approximate surface area is 102 Å². The van der Waals surface area contributed by atoms with E-state index in [1.54, 1.807) is 13.1 Å². The zero-order valence-corrected chi connectivity index (χ0v) is 10.4. The number of nitrogens with zero attached hydrogens (tertiary/aromatic N) is 1. The van der Waals surface area contributed by atoms with Gasteiger partial charge in [0.1, 0.15) is 5.76 Å². The van der Waals surface area contributed by atoms with Crippen LogP contribution in [0.3, 0.4) is 0 Å². The van der Waals surface area contributed by atoms with Crippen molar-refractivity contribution in [2.45, 2.75) is 19.4 Å². The maximum atomic E-state index is 9.23. The van der Waals surface area contributed by atoms with E-state index in [1.165, 1.54) is 0 Å². The number of halogens is 1. The molecule has 0 aliphatic heterocycles. The molecule has 2 aromatic rings. The first kappa shape index (κ1) is 11.4. The molecule has 0 aliphatic carbocycles. The molecule has 0 saturated carbocycles.